The molecule has 0 saturated carbocycles. The van der Waals surface area contributed by atoms with Gasteiger partial charge in [0.15, 0.2) is 11.5 Å². The van der Waals surface area contributed by atoms with Crippen LogP contribution in [0.5, 0.6) is 11.5 Å². The predicted octanol–water partition coefficient (Wildman–Crippen LogP) is 4.79. The lowest BCUT2D eigenvalue weighted by molar-refractivity contribution is -0.146. The van der Waals surface area contributed by atoms with E-state index in [0.717, 1.165) is 35.1 Å². The molecule has 0 spiro atoms. The Morgan fingerprint density at radius 1 is 1.12 bits per heavy atom. The summed E-state index contributed by atoms with van der Waals surface area (Å²) in [6.45, 7) is 2.04. The predicted molar refractivity (Wildman–Crippen MR) is 122 cm³/mol. The fourth-order valence-electron chi connectivity index (χ4n) is 2.93. The molecule has 2 aromatic rings. The molecule has 0 bridgehead atoms. The van der Waals surface area contributed by atoms with Crippen LogP contribution in [0.3, 0.4) is 0 Å². The number of halogens is 1. The topological polar surface area (TPSA) is 82.1 Å². The van der Waals surface area contributed by atoms with Gasteiger partial charge in [-0.25, -0.2) is 4.39 Å². The molecule has 1 saturated heterocycles. The molecular weight excluding hydrogens is 449 g/mol. The molecule has 174 valence electrons. The average Bonchev–Trinajstić information content (AvgIpc) is 3.06. The summed E-state index contributed by atoms with van der Waals surface area (Å²) in [4.78, 5) is 37.8. The van der Waals surface area contributed by atoms with Crippen molar-refractivity contribution < 1.29 is 33.0 Å². The van der Waals surface area contributed by atoms with Gasteiger partial charge in [-0.3, -0.25) is 19.3 Å². The highest BCUT2D eigenvalue weighted by molar-refractivity contribution is 8.18. The minimum absolute atomic E-state index is 0.198. The first-order valence-corrected chi connectivity index (χ1v) is 11.2. The maximum absolute atomic E-state index is 13.0. The molecule has 0 unspecified atom stereocenters. The molecule has 33 heavy (non-hydrogen) atoms. The number of carbonyl (C=O) groups is 3. The summed E-state index contributed by atoms with van der Waals surface area (Å²) in [5.74, 6) is -0.575. The third kappa shape index (κ3) is 6.58. The summed E-state index contributed by atoms with van der Waals surface area (Å²) in [5, 5.41) is -0.523. The number of amides is 2. The first kappa shape index (κ1) is 24.3. The van der Waals surface area contributed by atoms with Crippen molar-refractivity contribution in [3.05, 3.63) is 64.3 Å². The molecule has 1 heterocycles. The maximum Gasteiger partial charge on any atom is 0.326 e. The SMILES string of the molecule is CCCCOC(=O)CN1C(=O)S/C(=C\c2ccc(OCc3ccc(F)cc3)c(OC)c2)C1=O. The molecule has 1 aliphatic rings. The second-order valence-corrected chi connectivity index (χ2v) is 8.16. The Hall–Kier alpha value is -3.33. The summed E-state index contributed by atoms with van der Waals surface area (Å²) in [6, 6.07) is 11.1. The highest BCUT2D eigenvalue weighted by Gasteiger charge is 2.36. The maximum atomic E-state index is 13.0. The smallest absolute Gasteiger partial charge is 0.326 e. The fraction of sp³-hybridized carbons (Fsp3) is 0.292. The van der Waals surface area contributed by atoms with Crippen molar-refractivity contribution in [1.29, 1.82) is 0 Å². The number of hydrogen-bond acceptors (Lipinski definition) is 7. The molecular formula is C24H24FNO6S. The highest BCUT2D eigenvalue weighted by Crippen LogP contribution is 2.34. The van der Waals surface area contributed by atoms with Crippen molar-refractivity contribution in [1.82, 2.24) is 4.90 Å². The van der Waals surface area contributed by atoms with E-state index in [0.29, 0.717) is 17.1 Å². The van der Waals surface area contributed by atoms with Crippen LogP contribution in [0.25, 0.3) is 6.08 Å². The van der Waals surface area contributed by atoms with Crippen molar-refractivity contribution in [3.63, 3.8) is 0 Å². The third-order valence-electron chi connectivity index (χ3n) is 4.71. The summed E-state index contributed by atoms with van der Waals surface area (Å²) in [7, 11) is 1.49. The number of hydrogen-bond donors (Lipinski definition) is 0. The quantitative estimate of drug-likeness (QED) is 0.279. The number of thioether (sulfide) groups is 1. The van der Waals surface area contributed by atoms with Gasteiger partial charge in [-0.1, -0.05) is 31.5 Å². The normalized spacial score (nSPS) is 14.6. The molecule has 2 aromatic carbocycles. The van der Waals surface area contributed by atoms with Gasteiger partial charge in [-0.15, -0.1) is 0 Å². The lowest BCUT2D eigenvalue weighted by atomic mass is 10.1. The summed E-state index contributed by atoms with van der Waals surface area (Å²) in [6.07, 6.45) is 3.15. The zero-order valence-electron chi connectivity index (χ0n) is 18.3. The van der Waals surface area contributed by atoms with Crippen LogP contribution >= 0.6 is 11.8 Å². The van der Waals surface area contributed by atoms with Crippen molar-refractivity contribution >= 4 is 35.0 Å². The lowest BCUT2D eigenvalue weighted by Gasteiger charge is -2.12. The van der Waals surface area contributed by atoms with Gasteiger partial charge in [-0.2, -0.15) is 0 Å². The fourth-order valence-corrected chi connectivity index (χ4v) is 3.77. The number of ether oxygens (including phenoxy) is 3. The van der Waals surface area contributed by atoms with Gasteiger partial charge < -0.3 is 14.2 Å². The summed E-state index contributed by atoms with van der Waals surface area (Å²) < 4.78 is 29.2. The Balaban J connectivity index is 1.67. The van der Waals surface area contributed by atoms with Crippen LogP contribution in [0.2, 0.25) is 0 Å². The van der Waals surface area contributed by atoms with Gasteiger partial charge in [0.1, 0.15) is 19.0 Å². The van der Waals surface area contributed by atoms with Crippen molar-refractivity contribution in [3.8, 4) is 11.5 Å². The molecule has 2 amide bonds. The average molecular weight is 474 g/mol. The zero-order valence-corrected chi connectivity index (χ0v) is 19.2. The van der Waals surface area contributed by atoms with E-state index in [2.05, 4.69) is 0 Å². The molecule has 1 aliphatic heterocycles. The number of methoxy groups -OCH3 is 1. The van der Waals surface area contributed by atoms with Crippen LogP contribution in [0.15, 0.2) is 47.4 Å². The Morgan fingerprint density at radius 2 is 1.88 bits per heavy atom. The van der Waals surface area contributed by atoms with E-state index in [-0.39, 0.29) is 23.9 Å². The van der Waals surface area contributed by atoms with Gasteiger partial charge >= 0.3 is 5.97 Å². The number of esters is 1. The molecule has 7 nitrogen and oxygen atoms in total. The van der Waals surface area contributed by atoms with E-state index in [1.807, 2.05) is 6.92 Å². The van der Waals surface area contributed by atoms with Crippen LogP contribution in [0, 0.1) is 5.82 Å². The molecule has 0 aromatic heterocycles. The highest BCUT2D eigenvalue weighted by atomic mass is 32.2. The molecule has 0 radical (unpaired) electrons. The standard InChI is InChI=1S/C24H24FNO6S/c1-3-4-11-31-22(27)14-26-23(28)21(33-24(26)29)13-17-7-10-19(20(12-17)30-2)32-15-16-5-8-18(25)9-6-16/h5-10,12-13H,3-4,11,14-15H2,1-2H3/b21-13-. The van der Waals surface area contributed by atoms with E-state index in [1.165, 1.54) is 19.2 Å². The lowest BCUT2D eigenvalue weighted by Crippen LogP contribution is -2.34. The molecule has 3 rings (SSSR count). The van der Waals surface area contributed by atoms with Crippen LogP contribution in [0.1, 0.15) is 30.9 Å². The minimum Gasteiger partial charge on any atom is -0.493 e. The Morgan fingerprint density at radius 3 is 2.58 bits per heavy atom. The molecule has 1 fully saturated rings. The van der Waals surface area contributed by atoms with Crippen LogP contribution in [-0.2, 0) is 20.9 Å². The van der Waals surface area contributed by atoms with Crippen LogP contribution in [0.4, 0.5) is 9.18 Å². The van der Waals surface area contributed by atoms with E-state index in [1.54, 1.807) is 36.4 Å². The first-order valence-electron chi connectivity index (χ1n) is 10.4. The second kappa shape index (κ2) is 11.5. The van der Waals surface area contributed by atoms with Crippen molar-refractivity contribution in [2.75, 3.05) is 20.3 Å². The van der Waals surface area contributed by atoms with E-state index in [9.17, 15) is 18.8 Å². The number of rotatable bonds is 10. The molecule has 0 atom stereocenters. The van der Waals surface area contributed by atoms with Crippen LogP contribution < -0.4 is 9.47 Å². The van der Waals surface area contributed by atoms with Gasteiger partial charge in [0.25, 0.3) is 11.1 Å². The molecule has 9 heteroatoms. The van der Waals surface area contributed by atoms with Crippen molar-refractivity contribution in [2.24, 2.45) is 0 Å². The first-order chi connectivity index (χ1) is 15.9. The third-order valence-corrected chi connectivity index (χ3v) is 5.62. The van der Waals surface area contributed by atoms with Gasteiger partial charge in [0.2, 0.25) is 0 Å². The van der Waals surface area contributed by atoms with E-state index in [4.69, 9.17) is 14.2 Å². The molecule has 0 N–H and O–H groups in total. The number of benzene rings is 2. The minimum atomic E-state index is -0.615. The Bertz CT molecular complexity index is 1050. The number of nitrogens with zero attached hydrogens (tertiary/aromatic N) is 1. The number of unbranched alkanes of at least 4 members (excludes halogenated alkanes) is 1. The van der Waals surface area contributed by atoms with E-state index >= 15 is 0 Å². The van der Waals surface area contributed by atoms with Gasteiger partial charge in [0, 0.05) is 0 Å². The van der Waals surface area contributed by atoms with Gasteiger partial charge in [0.05, 0.1) is 18.6 Å². The summed E-state index contributed by atoms with van der Waals surface area (Å²) in [5.41, 5.74) is 1.42. The zero-order chi connectivity index (χ0) is 23.8. The monoisotopic (exact) mass is 473 g/mol. The van der Waals surface area contributed by atoms with Crippen molar-refractivity contribution in [2.45, 2.75) is 26.4 Å². The van der Waals surface area contributed by atoms with Gasteiger partial charge in [-0.05, 0) is 59.7 Å². The van der Waals surface area contributed by atoms with Crippen LogP contribution in [-0.4, -0.2) is 42.3 Å². The number of carbonyl (C=O) groups excluding carboxylic acids is 3. The Labute approximate surface area is 195 Å². The number of imide groups is 1. The summed E-state index contributed by atoms with van der Waals surface area (Å²) >= 11 is 0.761. The molecule has 0 aliphatic carbocycles. The largest absolute Gasteiger partial charge is 0.493 e. The second-order valence-electron chi connectivity index (χ2n) is 7.17. The van der Waals surface area contributed by atoms with E-state index < -0.39 is 23.7 Å². The Kier molecular flexibility index (Phi) is 8.48.